The van der Waals surface area contributed by atoms with E-state index in [1.54, 1.807) is 0 Å². The van der Waals surface area contributed by atoms with E-state index in [4.69, 9.17) is 9.79 Å². The van der Waals surface area contributed by atoms with E-state index >= 15 is 0 Å². The third kappa shape index (κ3) is 4.00. The van der Waals surface area contributed by atoms with Gasteiger partial charge < -0.3 is 9.79 Å². The molecule has 18 heavy (non-hydrogen) atoms. The molecule has 1 fully saturated rings. The van der Waals surface area contributed by atoms with E-state index in [9.17, 15) is 9.13 Å². The van der Waals surface area contributed by atoms with Crippen LogP contribution in [0.25, 0.3) is 0 Å². The molecule has 0 aliphatic carbocycles. The summed E-state index contributed by atoms with van der Waals surface area (Å²) in [4.78, 5) is 18.2. The van der Waals surface area contributed by atoms with E-state index in [1.165, 1.54) is 0 Å². The molecule has 1 aliphatic heterocycles. The third-order valence-corrected chi connectivity index (χ3v) is 4.87. The number of phosphoric acid groups is 2. The Morgan fingerprint density at radius 2 is 1.61 bits per heavy atom. The molecule has 0 aromatic heterocycles. The highest BCUT2D eigenvalue weighted by Crippen LogP contribution is 2.66. The Balaban J connectivity index is 1.98. The monoisotopic (exact) mass is 294 g/mol. The van der Waals surface area contributed by atoms with Crippen LogP contribution in [0.15, 0.2) is 30.3 Å². The highest BCUT2D eigenvalue weighted by atomic mass is 31.3. The molecule has 2 rings (SSSR count). The summed E-state index contributed by atoms with van der Waals surface area (Å²) in [5.41, 5.74) is 0.955. The first-order valence-corrected chi connectivity index (χ1v) is 8.13. The van der Waals surface area contributed by atoms with Crippen LogP contribution in [0.3, 0.4) is 0 Å². The second-order valence-corrected chi connectivity index (χ2v) is 6.63. The molecule has 2 unspecified atom stereocenters. The minimum Gasteiger partial charge on any atom is -0.302 e. The topological polar surface area (TPSA) is 102 Å². The summed E-state index contributed by atoms with van der Waals surface area (Å²) in [7, 11) is -9.05. The number of hydrogen-bond acceptors (Lipinski definition) is 5. The Morgan fingerprint density at radius 1 is 1.06 bits per heavy atom. The lowest BCUT2D eigenvalue weighted by Crippen LogP contribution is -2.21. The van der Waals surface area contributed by atoms with Crippen molar-refractivity contribution in [2.75, 3.05) is 0 Å². The molecular weight excluding hydrogens is 282 g/mol. The molecule has 100 valence electrons. The SMILES string of the molecule is O=P1(O)OC(CCc2ccccc2)OP(=O)(O)O1. The molecule has 0 bridgehead atoms. The average Bonchev–Trinajstić information content (AvgIpc) is 2.24. The maximum atomic E-state index is 11.2. The van der Waals surface area contributed by atoms with Crippen molar-refractivity contribution in [3.8, 4) is 0 Å². The molecule has 1 aromatic carbocycles. The zero-order chi connectivity index (χ0) is 13.2. The van der Waals surface area contributed by atoms with Gasteiger partial charge in [0.1, 0.15) is 0 Å². The number of phosphoric ester groups is 2. The van der Waals surface area contributed by atoms with E-state index in [0.717, 1.165) is 5.56 Å². The lowest BCUT2D eigenvalue weighted by atomic mass is 10.1. The van der Waals surface area contributed by atoms with Crippen molar-refractivity contribution in [3.63, 3.8) is 0 Å². The molecule has 2 N–H and O–H groups in total. The van der Waals surface area contributed by atoms with Crippen molar-refractivity contribution in [2.24, 2.45) is 0 Å². The smallest absolute Gasteiger partial charge is 0.302 e. The van der Waals surface area contributed by atoms with Gasteiger partial charge in [0.05, 0.1) is 0 Å². The van der Waals surface area contributed by atoms with E-state index in [-0.39, 0.29) is 6.42 Å². The molecule has 1 aromatic rings. The van der Waals surface area contributed by atoms with Crippen LogP contribution in [0.1, 0.15) is 12.0 Å². The second-order valence-electron chi connectivity index (χ2n) is 3.68. The Bertz CT molecular complexity index is 479. The predicted molar refractivity (Wildman–Crippen MR) is 61.5 cm³/mol. The fraction of sp³-hybridized carbons (Fsp3) is 0.333. The van der Waals surface area contributed by atoms with Crippen molar-refractivity contribution < 1.29 is 32.3 Å². The first-order chi connectivity index (χ1) is 8.36. The maximum absolute atomic E-state index is 11.2. The van der Waals surface area contributed by atoms with Crippen LogP contribution in [0.2, 0.25) is 0 Å². The average molecular weight is 294 g/mol. The standard InChI is InChI=1S/C9H12O7P2/c10-17(11)14-9(15-18(12,13)16-17)7-6-8-4-2-1-3-5-8/h1-5,9H,6-7H2,(H,10,11)(H,12,13). The van der Waals surface area contributed by atoms with Gasteiger partial charge >= 0.3 is 15.6 Å². The molecule has 0 saturated carbocycles. The summed E-state index contributed by atoms with van der Waals surface area (Å²) in [6, 6.07) is 9.26. The van der Waals surface area contributed by atoms with Gasteiger partial charge in [-0.2, -0.15) is 4.31 Å². The van der Waals surface area contributed by atoms with E-state index in [1.807, 2.05) is 30.3 Å². The molecule has 0 radical (unpaired) electrons. The number of aryl methyl sites for hydroxylation is 1. The summed E-state index contributed by atoms with van der Waals surface area (Å²) < 4.78 is 35.4. The normalized spacial score (nSPS) is 36.4. The van der Waals surface area contributed by atoms with E-state index in [0.29, 0.717) is 6.42 Å². The van der Waals surface area contributed by atoms with Crippen LogP contribution >= 0.6 is 15.6 Å². The Hall–Kier alpha value is -0.520. The molecule has 7 nitrogen and oxygen atoms in total. The second kappa shape index (κ2) is 5.23. The van der Waals surface area contributed by atoms with E-state index in [2.05, 4.69) is 13.4 Å². The Labute approximate surface area is 104 Å². The van der Waals surface area contributed by atoms with Gasteiger partial charge in [-0.1, -0.05) is 30.3 Å². The van der Waals surface area contributed by atoms with Crippen molar-refractivity contribution >= 4 is 15.6 Å². The summed E-state index contributed by atoms with van der Waals surface area (Å²) >= 11 is 0. The van der Waals surface area contributed by atoms with Crippen LogP contribution in [0.5, 0.6) is 0 Å². The van der Waals surface area contributed by atoms with Crippen LogP contribution in [-0.4, -0.2) is 16.1 Å². The van der Waals surface area contributed by atoms with E-state index < -0.39 is 21.9 Å². The summed E-state index contributed by atoms with van der Waals surface area (Å²) in [6.45, 7) is 0. The highest BCUT2D eigenvalue weighted by Gasteiger charge is 2.45. The van der Waals surface area contributed by atoms with Crippen molar-refractivity contribution in [1.29, 1.82) is 0 Å². The van der Waals surface area contributed by atoms with Crippen LogP contribution in [0.4, 0.5) is 0 Å². The van der Waals surface area contributed by atoms with Gasteiger partial charge in [0, 0.05) is 6.42 Å². The summed E-state index contributed by atoms with van der Waals surface area (Å²) in [6.07, 6.45) is -0.598. The largest absolute Gasteiger partial charge is 0.483 e. The zero-order valence-electron chi connectivity index (χ0n) is 9.21. The Kier molecular flexibility index (Phi) is 4.04. The molecule has 0 amide bonds. The van der Waals surface area contributed by atoms with Crippen molar-refractivity contribution in [2.45, 2.75) is 19.1 Å². The minimum atomic E-state index is -4.52. The number of benzene rings is 1. The minimum absolute atomic E-state index is 0.169. The van der Waals surface area contributed by atoms with Gasteiger partial charge in [-0.15, -0.1) is 0 Å². The molecular formula is C9H12O7P2. The Morgan fingerprint density at radius 3 is 2.17 bits per heavy atom. The zero-order valence-corrected chi connectivity index (χ0v) is 11.0. The van der Waals surface area contributed by atoms with Crippen LogP contribution in [-0.2, 0) is 28.9 Å². The van der Waals surface area contributed by atoms with Gasteiger partial charge in [-0.3, -0.25) is 9.05 Å². The lowest BCUT2D eigenvalue weighted by Gasteiger charge is -2.28. The molecule has 1 saturated heterocycles. The highest BCUT2D eigenvalue weighted by molar-refractivity contribution is 7.61. The first kappa shape index (κ1) is 13.9. The molecule has 9 heteroatoms. The first-order valence-electron chi connectivity index (χ1n) is 5.14. The van der Waals surface area contributed by atoms with Gasteiger partial charge in [-0.05, 0) is 12.0 Å². The molecule has 0 spiro atoms. The summed E-state index contributed by atoms with van der Waals surface area (Å²) in [5, 5.41) is 0. The van der Waals surface area contributed by atoms with Gasteiger partial charge in [0.15, 0.2) is 6.29 Å². The van der Waals surface area contributed by atoms with Gasteiger partial charge in [-0.25, -0.2) is 9.13 Å². The van der Waals surface area contributed by atoms with Gasteiger partial charge in [0.2, 0.25) is 0 Å². The van der Waals surface area contributed by atoms with Crippen LogP contribution < -0.4 is 0 Å². The predicted octanol–water partition coefficient (Wildman–Crippen LogP) is 2.21. The fourth-order valence-corrected chi connectivity index (χ4v) is 3.83. The molecule has 1 heterocycles. The maximum Gasteiger partial charge on any atom is 0.483 e. The quantitative estimate of drug-likeness (QED) is 0.824. The van der Waals surface area contributed by atoms with Crippen molar-refractivity contribution in [1.82, 2.24) is 0 Å². The molecule has 1 aliphatic rings. The summed E-state index contributed by atoms with van der Waals surface area (Å²) in [5.74, 6) is 0. The lowest BCUT2D eigenvalue weighted by molar-refractivity contribution is -0.0624. The number of rotatable bonds is 3. The van der Waals surface area contributed by atoms with Crippen molar-refractivity contribution in [3.05, 3.63) is 35.9 Å². The number of hydrogen-bond donors (Lipinski definition) is 2. The molecule has 2 atom stereocenters. The van der Waals surface area contributed by atoms with Crippen LogP contribution in [0, 0.1) is 0 Å². The fourth-order valence-electron chi connectivity index (χ4n) is 1.52. The third-order valence-electron chi connectivity index (χ3n) is 2.22. The van der Waals surface area contributed by atoms with Gasteiger partial charge in [0.25, 0.3) is 0 Å².